The lowest BCUT2D eigenvalue weighted by atomic mass is 10.1. The van der Waals surface area contributed by atoms with Gasteiger partial charge in [0.2, 0.25) is 0 Å². The molecule has 0 spiro atoms. The summed E-state index contributed by atoms with van der Waals surface area (Å²) in [5.74, 6) is -1.09. The van der Waals surface area contributed by atoms with Gasteiger partial charge in [0.15, 0.2) is 12.4 Å². The highest BCUT2D eigenvalue weighted by atomic mass is 16.5. The fourth-order valence-corrected chi connectivity index (χ4v) is 1.61. The maximum absolute atomic E-state index is 11.9. The molecule has 6 heteroatoms. The molecule has 98 valence electrons. The van der Waals surface area contributed by atoms with Gasteiger partial charge in [0, 0.05) is 5.56 Å². The third-order valence-corrected chi connectivity index (χ3v) is 2.45. The minimum atomic E-state index is -0.719. The Hall–Kier alpha value is -2.63. The molecule has 2 rings (SSSR count). The average molecular weight is 260 g/mol. The summed E-state index contributed by atoms with van der Waals surface area (Å²) < 4.78 is 9.92. The van der Waals surface area contributed by atoms with E-state index in [1.807, 2.05) is 18.2 Å². The van der Waals surface area contributed by atoms with Crippen molar-refractivity contribution in [1.82, 2.24) is 5.16 Å². The van der Waals surface area contributed by atoms with E-state index < -0.39 is 18.5 Å². The first kappa shape index (κ1) is 12.8. The molecule has 19 heavy (non-hydrogen) atoms. The van der Waals surface area contributed by atoms with Gasteiger partial charge in [0.25, 0.3) is 5.91 Å². The fourth-order valence-electron chi connectivity index (χ4n) is 1.61. The Balaban J connectivity index is 2.33. The number of carbonyl (C=O) groups excluding carboxylic acids is 2. The van der Waals surface area contributed by atoms with Crippen molar-refractivity contribution >= 4 is 11.9 Å². The monoisotopic (exact) mass is 260 g/mol. The number of carbonyl (C=O) groups is 2. The number of rotatable bonds is 4. The molecule has 1 amide bonds. The number of primary amides is 1. The van der Waals surface area contributed by atoms with Gasteiger partial charge in [-0.2, -0.15) is 0 Å². The topological polar surface area (TPSA) is 95.4 Å². The van der Waals surface area contributed by atoms with Crippen LogP contribution in [0.25, 0.3) is 11.3 Å². The van der Waals surface area contributed by atoms with E-state index in [0.717, 1.165) is 0 Å². The number of ether oxygens (including phenoxy) is 1. The van der Waals surface area contributed by atoms with E-state index in [1.54, 1.807) is 19.1 Å². The summed E-state index contributed by atoms with van der Waals surface area (Å²) in [5.41, 5.74) is 6.23. The van der Waals surface area contributed by atoms with Gasteiger partial charge in [-0.25, -0.2) is 4.79 Å². The number of aromatic nitrogens is 1. The van der Waals surface area contributed by atoms with Crippen molar-refractivity contribution in [3.63, 3.8) is 0 Å². The van der Waals surface area contributed by atoms with Crippen LogP contribution in [0.4, 0.5) is 0 Å². The lowest BCUT2D eigenvalue weighted by Gasteiger charge is -2.03. The summed E-state index contributed by atoms with van der Waals surface area (Å²) >= 11 is 0. The van der Waals surface area contributed by atoms with E-state index in [0.29, 0.717) is 17.0 Å². The maximum atomic E-state index is 11.9. The van der Waals surface area contributed by atoms with Gasteiger partial charge in [-0.05, 0) is 6.92 Å². The van der Waals surface area contributed by atoms with Crippen LogP contribution >= 0.6 is 0 Å². The largest absolute Gasteiger partial charge is 0.452 e. The second-order valence-corrected chi connectivity index (χ2v) is 3.88. The fraction of sp³-hybridized carbons (Fsp3) is 0.154. The number of benzene rings is 1. The molecule has 0 saturated carbocycles. The summed E-state index contributed by atoms with van der Waals surface area (Å²) in [6, 6.07) is 9.03. The molecule has 1 aromatic carbocycles. The van der Waals surface area contributed by atoms with Crippen LogP contribution in [-0.2, 0) is 9.53 Å². The molecule has 0 atom stereocenters. The Morgan fingerprint density at radius 1 is 1.32 bits per heavy atom. The van der Waals surface area contributed by atoms with Gasteiger partial charge in [-0.3, -0.25) is 4.79 Å². The lowest BCUT2D eigenvalue weighted by molar-refractivity contribution is -0.121. The second kappa shape index (κ2) is 5.34. The predicted molar refractivity (Wildman–Crippen MR) is 66.2 cm³/mol. The molecule has 2 aromatic rings. The van der Waals surface area contributed by atoms with Crippen molar-refractivity contribution in [3.8, 4) is 11.3 Å². The van der Waals surface area contributed by atoms with Gasteiger partial charge in [0.05, 0.1) is 5.69 Å². The second-order valence-electron chi connectivity index (χ2n) is 3.88. The van der Waals surface area contributed by atoms with E-state index in [9.17, 15) is 9.59 Å². The first-order valence-electron chi connectivity index (χ1n) is 5.56. The number of amides is 1. The van der Waals surface area contributed by atoms with E-state index >= 15 is 0 Å². The number of aryl methyl sites for hydroxylation is 1. The average Bonchev–Trinajstić information content (AvgIpc) is 2.79. The van der Waals surface area contributed by atoms with Crippen molar-refractivity contribution in [2.24, 2.45) is 5.73 Å². The highest BCUT2D eigenvalue weighted by Gasteiger charge is 2.23. The van der Waals surface area contributed by atoms with Crippen LogP contribution in [0.15, 0.2) is 34.9 Å². The third kappa shape index (κ3) is 2.79. The van der Waals surface area contributed by atoms with Crippen LogP contribution in [0.2, 0.25) is 0 Å². The summed E-state index contributed by atoms with van der Waals surface area (Å²) in [6.45, 7) is 1.15. The van der Waals surface area contributed by atoms with E-state index in [4.69, 9.17) is 15.0 Å². The van der Waals surface area contributed by atoms with Gasteiger partial charge >= 0.3 is 5.97 Å². The molecule has 1 heterocycles. The third-order valence-electron chi connectivity index (χ3n) is 2.45. The smallest absolute Gasteiger partial charge is 0.344 e. The van der Waals surface area contributed by atoms with Crippen LogP contribution in [-0.4, -0.2) is 23.6 Å². The molecule has 0 aliphatic heterocycles. The van der Waals surface area contributed by atoms with Crippen molar-refractivity contribution in [3.05, 3.63) is 41.6 Å². The normalized spacial score (nSPS) is 10.2. The molecule has 0 saturated heterocycles. The summed E-state index contributed by atoms with van der Waals surface area (Å²) in [6.07, 6.45) is 0. The predicted octanol–water partition coefficient (Wildman–Crippen LogP) is 1.29. The van der Waals surface area contributed by atoms with Crippen LogP contribution in [0.1, 0.15) is 16.1 Å². The number of hydrogen-bond donors (Lipinski definition) is 1. The Labute approximate surface area is 109 Å². The van der Waals surface area contributed by atoms with Crippen LogP contribution in [0, 0.1) is 6.92 Å². The highest BCUT2D eigenvalue weighted by Crippen LogP contribution is 2.26. The molecule has 2 N–H and O–H groups in total. The number of nitrogens with zero attached hydrogens (tertiary/aromatic N) is 1. The molecule has 0 radical (unpaired) electrons. The summed E-state index contributed by atoms with van der Waals surface area (Å²) in [7, 11) is 0. The van der Waals surface area contributed by atoms with Crippen LogP contribution in [0.5, 0.6) is 0 Å². The van der Waals surface area contributed by atoms with Crippen molar-refractivity contribution < 1.29 is 18.8 Å². The summed E-state index contributed by atoms with van der Waals surface area (Å²) in [5, 5.41) is 3.75. The zero-order valence-electron chi connectivity index (χ0n) is 10.3. The molecule has 6 nitrogen and oxygen atoms in total. The zero-order chi connectivity index (χ0) is 13.8. The minimum absolute atomic E-state index is 0.201. The molecule has 0 bridgehead atoms. The Morgan fingerprint density at radius 3 is 2.63 bits per heavy atom. The molecule has 1 aromatic heterocycles. The van der Waals surface area contributed by atoms with Crippen molar-refractivity contribution in [2.75, 3.05) is 6.61 Å². The summed E-state index contributed by atoms with van der Waals surface area (Å²) in [4.78, 5) is 22.5. The number of nitrogens with two attached hydrogens (primary N) is 1. The molecular weight excluding hydrogens is 248 g/mol. The maximum Gasteiger partial charge on any atom is 0.344 e. The van der Waals surface area contributed by atoms with Gasteiger partial charge in [0.1, 0.15) is 5.56 Å². The molecule has 0 aliphatic carbocycles. The van der Waals surface area contributed by atoms with E-state index in [1.165, 1.54) is 0 Å². The van der Waals surface area contributed by atoms with Gasteiger partial charge in [-0.15, -0.1) is 0 Å². The SMILES string of the molecule is Cc1noc(-c2ccccc2)c1C(=O)OCC(N)=O. The van der Waals surface area contributed by atoms with Gasteiger partial charge < -0.3 is 15.0 Å². The van der Waals surface area contributed by atoms with Crippen LogP contribution < -0.4 is 5.73 Å². The quantitative estimate of drug-likeness (QED) is 0.836. The van der Waals surface area contributed by atoms with E-state index in [2.05, 4.69) is 5.16 Å². The standard InChI is InChI=1S/C13H12N2O4/c1-8-11(13(17)18-7-10(14)16)12(19-15-8)9-5-3-2-4-6-9/h2-6H,7H2,1H3,(H2,14,16). The zero-order valence-corrected chi connectivity index (χ0v) is 10.3. The number of esters is 1. The minimum Gasteiger partial charge on any atom is -0.452 e. The molecule has 0 aliphatic rings. The Bertz CT molecular complexity index is 604. The molecule has 0 unspecified atom stereocenters. The first-order valence-corrected chi connectivity index (χ1v) is 5.56. The Morgan fingerprint density at radius 2 is 2.00 bits per heavy atom. The molecule has 0 fully saturated rings. The lowest BCUT2D eigenvalue weighted by Crippen LogP contribution is -2.21. The Kier molecular flexibility index (Phi) is 3.61. The van der Waals surface area contributed by atoms with Gasteiger partial charge in [-0.1, -0.05) is 35.5 Å². The first-order chi connectivity index (χ1) is 9.09. The van der Waals surface area contributed by atoms with Crippen molar-refractivity contribution in [2.45, 2.75) is 6.92 Å². The van der Waals surface area contributed by atoms with Crippen molar-refractivity contribution in [1.29, 1.82) is 0 Å². The number of hydrogen-bond acceptors (Lipinski definition) is 5. The molecular formula is C13H12N2O4. The highest BCUT2D eigenvalue weighted by molar-refractivity contribution is 5.97. The van der Waals surface area contributed by atoms with Crippen LogP contribution in [0.3, 0.4) is 0 Å². The van der Waals surface area contributed by atoms with E-state index in [-0.39, 0.29) is 5.56 Å².